The Kier molecular flexibility index (Phi) is 6.23. The molecule has 3 nitrogen and oxygen atoms in total. The molecule has 1 amide bonds. The van der Waals surface area contributed by atoms with Crippen molar-refractivity contribution >= 4 is 5.91 Å². The second-order valence-electron chi connectivity index (χ2n) is 7.74. The maximum atomic E-state index is 12.9. The largest absolute Gasteiger partial charge is 0.342 e. The second-order valence-corrected chi connectivity index (χ2v) is 7.74. The smallest absolute Gasteiger partial charge is 0.228 e. The molecule has 2 N–H and O–H groups in total. The summed E-state index contributed by atoms with van der Waals surface area (Å²) in [6.45, 7) is 7.97. The number of hydrogen-bond donors (Lipinski definition) is 1. The molecule has 0 saturated carbocycles. The molecule has 2 unspecified atom stereocenters. The van der Waals surface area contributed by atoms with E-state index in [1.54, 1.807) is 0 Å². The zero-order valence-corrected chi connectivity index (χ0v) is 14.9. The van der Waals surface area contributed by atoms with Crippen molar-refractivity contribution in [1.82, 2.24) is 4.90 Å². The number of likely N-dealkylation sites (tertiary alicyclic amines) is 1. The fraction of sp³-hybridized carbons (Fsp3) is 0.650. The molecular formula is C20H32N2O. The predicted octanol–water partition coefficient (Wildman–Crippen LogP) is 3.62. The quantitative estimate of drug-likeness (QED) is 0.871. The molecule has 2 atom stereocenters. The van der Waals surface area contributed by atoms with Gasteiger partial charge >= 0.3 is 0 Å². The van der Waals surface area contributed by atoms with Crippen LogP contribution in [-0.2, 0) is 11.2 Å². The minimum atomic E-state index is -0.283. The highest BCUT2D eigenvalue weighted by Crippen LogP contribution is 2.29. The first-order chi connectivity index (χ1) is 10.9. The first kappa shape index (κ1) is 18.0. The fourth-order valence-electron chi connectivity index (χ4n) is 3.54. The Morgan fingerprint density at radius 2 is 2.04 bits per heavy atom. The van der Waals surface area contributed by atoms with Gasteiger partial charge in [-0.3, -0.25) is 4.79 Å². The van der Waals surface area contributed by atoms with Gasteiger partial charge in [0.05, 0.1) is 0 Å². The Labute approximate surface area is 141 Å². The Hall–Kier alpha value is -1.35. The summed E-state index contributed by atoms with van der Waals surface area (Å²) in [5.74, 6) is 0.753. The highest BCUT2D eigenvalue weighted by atomic mass is 16.2. The number of piperidine rings is 1. The van der Waals surface area contributed by atoms with Gasteiger partial charge in [0, 0.05) is 24.5 Å². The van der Waals surface area contributed by atoms with Gasteiger partial charge in [-0.25, -0.2) is 0 Å². The number of carbonyl (C=O) groups excluding carboxylic acids is 1. The average Bonchev–Trinajstić information content (AvgIpc) is 2.55. The highest BCUT2D eigenvalue weighted by Gasteiger charge is 2.34. The van der Waals surface area contributed by atoms with Crippen molar-refractivity contribution in [2.45, 2.75) is 58.9 Å². The molecule has 1 aromatic carbocycles. The number of nitrogens with zero attached hydrogens (tertiary/aromatic N) is 1. The summed E-state index contributed by atoms with van der Waals surface area (Å²) in [5.41, 5.74) is 7.11. The Bertz CT molecular complexity index is 496. The van der Waals surface area contributed by atoms with Gasteiger partial charge in [0.25, 0.3) is 0 Å². The minimum absolute atomic E-state index is 0.173. The summed E-state index contributed by atoms with van der Waals surface area (Å²) in [5, 5.41) is 0. The molecule has 1 heterocycles. The number of carbonyl (C=O) groups is 1. The van der Waals surface area contributed by atoms with E-state index in [-0.39, 0.29) is 11.5 Å². The number of hydrogen-bond acceptors (Lipinski definition) is 2. The second kappa shape index (κ2) is 7.96. The van der Waals surface area contributed by atoms with Crippen molar-refractivity contribution in [3.8, 4) is 0 Å². The average molecular weight is 316 g/mol. The summed E-state index contributed by atoms with van der Waals surface area (Å²) >= 11 is 0. The van der Waals surface area contributed by atoms with Crippen LogP contribution >= 0.6 is 0 Å². The number of benzene rings is 1. The highest BCUT2D eigenvalue weighted by molar-refractivity contribution is 5.82. The molecule has 0 aromatic heterocycles. The van der Waals surface area contributed by atoms with E-state index >= 15 is 0 Å². The molecule has 1 aliphatic rings. The van der Waals surface area contributed by atoms with Gasteiger partial charge in [-0.2, -0.15) is 0 Å². The lowest BCUT2D eigenvalue weighted by Gasteiger charge is -2.39. The van der Waals surface area contributed by atoms with Crippen molar-refractivity contribution < 1.29 is 4.79 Å². The van der Waals surface area contributed by atoms with Crippen LogP contribution in [0.25, 0.3) is 0 Å². The van der Waals surface area contributed by atoms with Crippen LogP contribution in [0.15, 0.2) is 30.3 Å². The third-order valence-corrected chi connectivity index (χ3v) is 5.18. The van der Waals surface area contributed by atoms with E-state index in [0.717, 1.165) is 45.2 Å². The molecule has 1 saturated heterocycles. The van der Waals surface area contributed by atoms with Crippen LogP contribution in [0, 0.1) is 11.3 Å². The summed E-state index contributed by atoms with van der Waals surface area (Å²) in [6, 6.07) is 10.7. The van der Waals surface area contributed by atoms with E-state index < -0.39 is 0 Å². The molecule has 0 aliphatic carbocycles. The summed E-state index contributed by atoms with van der Waals surface area (Å²) in [7, 11) is 0. The zero-order chi connectivity index (χ0) is 16.9. The maximum Gasteiger partial charge on any atom is 0.228 e. The van der Waals surface area contributed by atoms with Crippen molar-refractivity contribution in [3.05, 3.63) is 35.9 Å². The molecule has 0 bridgehead atoms. The molecular weight excluding hydrogens is 284 g/mol. The number of amides is 1. The number of rotatable bonds is 6. The molecule has 0 spiro atoms. The summed E-state index contributed by atoms with van der Waals surface area (Å²) in [6.07, 6.45) is 5.25. The normalized spacial score (nSPS) is 20.3. The van der Waals surface area contributed by atoms with Gasteiger partial charge in [-0.15, -0.1) is 0 Å². The maximum absolute atomic E-state index is 12.9. The van der Waals surface area contributed by atoms with Crippen molar-refractivity contribution in [1.29, 1.82) is 0 Å². The van der Waals surface area contributed by atoms with E-state index in [2.05, 4.69) is 49.9 Å². The van der Waals surface area contributed by atoms with Gasteiger partial charge in [0.15, 0.2) is 0 Å². The van der Waals surface area contributed by atoms with Crippen LogP contribution in [-0.4, -0.2) is 29.9 Å². The predicted molar refractivity (Wildman–Crippen MR) is 96.1 cm³/mol. The molecule has 1 fully saturated rings. The number of aryl methyl sites for hydroxylation is 1. The Balaban J connectivity index is 1.86. The van der Waals surface area contributed by atoms with Crippen LogP contribution in [0.5, 0.6) is 0 Å². The molecule has 0 radical (unpaired) electrons. The third kappa shape index (κ3) is 5.07. The topological polar surface area (TPSA) is 46.3 Å². The van der Waals surface area contributed by atoms with Gasteiger partial charge < -0.3 is 10.6 Å². The lowest BCUT2D eigenvalue weighted by molar-refractivity contribution is -0.142. The van der Waals surface area contributed by atoms with Crippen LogP contribution in [0.1, 0.15) is 52.0 Å². The van der Waals surface area contributed by atoms with Crippen LogP contribution in [0.4, 0.5) is 0 Å². The van der Waals surface area contributed by atoms with Crippen molar-refractivity contribution in [2.24, 2.45) is 17.1 Å². The number of nitrogens with two attached hydrogens (primary N) is 1. The first-order valence-corrected chi connectivity index (χ1v) is 8.99. The van der Waals surface area contributed by atoms with Crippen molar-refractivity contribution in [2.75, 3.05) is 13.1 Å². The van der Waals surface area contributed by atoms with E-state index in [9.17, 15) is 4.79 Å². The molecule has 128 valence electrons. The van der Waals surface area contributed by atoms with Crippen LogP contribution in [0.3, 0.4) is 0 Å². The molecule has 3 heteroatoms. The SMILES string of the molecule is CC(N)C1CCCN(C(=O)C(C)(C)CCCc2ccccc2)C1. The lowest BCUT2D eigenvalue weighted by Crippen LogP contribution is -2.49. The Morgan fingerprint density at radius 1 is 1.35 bits per heavy atom. The monoisotopic (exact) mass is 316 g/mol. The standard InChI is InChI=1S/C20H32N2O/c1-16(21)18-12-8-14-22(15-18)19(23)20(2,3)13-7-11-17-9-5-4-6-10-17/h4-6,9-10,16,18H,7-8,11-15,21H2,1-3H3. The molecule has 23 heavy (non-hydrogen) atoms. The minimum Gasteiger partial charge on any atom is -0.342 e. The summed E-state index contributed by atoms with van der Waals surface area (Å²) in [4.78, 5) is 15.0. The van der Waals surface area contributed by atoms with Crippen molar-refractivity contribution in [3.63, 3.8) is 0 Å². The molecule has 1 aromatic rings. The van der Waals surface area contributed by atoms with E-state index in [1.165, 1.54) is 5.56 Å². The van der Waals surface area contributed by atoms with E-state index in [0.29, 0.717) is 11.8 Å². The first-order valence-electron chi connectivity index (χ1n) is 8.99. The summed E-state index contributed by atoms with van der Waals surface area (Å²) < 4.78 is 0. The lowest BCUT2D eigenvalue weighted by atomic mass is 9.83. The van der Waals surface area contributed by atoms with E-state index in [1.807, 2.05) is 6.07 Å². The fourth-order valence-corrected chi connectivity index (χ4v) is 3.54. The van der Waals surface area contributed by atoms with Crippen LogP contribution in [0.2, 0.25) is 0 Å². The van der Waals surface area contributed by atoms with Crippen LogP contribution < -0.4 is 5.73 Å². The van der Waals surface area contributed by atoms with Gasteiger partial charge in [-0.1, -0.05) is 44.2 Å². The van der Waals surface area contributed by atoms with Gasteiger partial charge in [0.2, 0.25) is 5.91 Å². The molecule has 1 aliphatic heterocycles. The van der Waals surface area contributed by atoms with Gasteiger partial charge in [0.1, 0.15) is 0 Å². The van der Waals surface area contributed by atoms with E-state index in [4.69, 9.17) is 5.73 Å². The molecule has 2 rings (SSSR count). The zero-order valence-electron chi connectivity index (χ0n) is 14.9. The Morgan fingerprint density at radius 3 is 2.70 bits per heavy atom. The third-order valence-electron chi connectivity index (χ3n) is 5.18. The van der Waals surface area contributed by atoms with Gasteiger partial charge in [-0.05, 0) is 50.5 Å².